The summed E-state index contributed by atoms with van der Waals surface area (Å²) in [4.78, 5) is 0. The number of hydrogen-bond acceptors (Lipinski definition) is 3. The zero-order valence-electron chi connectivity index (χ0n) is 15.3. The van der Waals surface area contributed by atoms with E-state index in [1.165, 1.54) is 11.1 Å². The molecule has 1 unspecified atom stereocenters. The van der Waals surface area contributed by atoms with Crippen LogP contribution in [0.15, 0.2) is 72.8 Å². The molecule has 0 heterocycles. The molecule has 0 bridgehead atoms. The van der Waals surface area contributed by atoms with Crippen molar-refractivity contribution in [1.82, 2.24) is 0 Å². The first-order valence-corrected chi connectivity index (χ1v) is 8.86. The van der Waals surface area contributed by atoms with Crippen LogP contribution in [0.3, 0.4) is 0 Å². The summed E-state index contributed by atoms with van der Waals surface area (Å²) in [6.07, 6.45) is 0.836. The van der Waals surface area contributed by atoms with Gasteiger partial charge in [0.15, 0.2) is 0 Å². The molecule has 26 heavy (non-hydrogen) atoms. The first-order chi connectivity index (χ1) is 12.7. The molecule has 0 spiro atoms. The van der Waals surface area contributed by atoms with E-state index in [0.717, 1.165) is 29.2 Å². The maximum absolute atomic E-state index is 6.10. The first kappa shape index (κ1) is 18.0. The van der Waals surface area contributed by atoms with E-state index in [-0.39, 0.29) is 5.92 Å². The van der Waals surface area contributed by atoms with Crippen LogP contribution in [0.5, 0.6) is 17.2 Å². The third-order valence-electron chi connectivity index (χ3n) is 4.47. The third kappa shape index (κ3) is 4.44. The highest BCUT2D eigenvalue weighted by Crippen LogP contribution is 2.31. The van der Waals surface area contributed by atoms with Gasteiger partial charge in [-0.25, -0.2) is 0 Å². The second kappa shape index (κ2) is 8.54. The highest BCUT2D eigenvalue weighted by Gasteiger charge is 2.16. The van der Waals surface area contributed by atoms with Crippen molar-refractivity contribution in [1.29, 1.82) is 0 Å². The van der Waals surface area contributed by atoms with Crippen molar-refractivity contribution in [3.8, 4) is 17.2 Å². The van der Waals surface area contributed by atoms with Crippen molar-refractivity contribution < 1.29 is 9.47 Å². The van der Waals surface area contributed by atoms with Crippen molar-refractivity contribution in [3.05, 3.63) is 89.5 Å². The number of para-hydroxylation sites is 1. The van der Waals surface area contributed by atoms with Crippen LogP contribution in [0.1, 0.15) is 22.6 Å². The Balaban J connectivity index is 1.81. The monoisotopic (exact) mass is 347 g/mol. The maximum Gasteiger partial charge on any atom is 0.127 e. The molecule has 3 nitrogen and oxygen atoms in total. The van der Waals surface area contributed by atoms with Gasteiger partial charge in [0, 0.05) is 5.92 Å². The Kier molecular flexibility index (Phi) is 5.92. The fourth-order valence-electron chi connectivity index (χ4n) is 3.14. The van der Waals surface area contributed by atoms with E-state index in [2.05, 4.69) is 31.2 Å². The summed E-state index contributed by atoms with van der Waals surface area (Å²) in [5, 5.41) is 0. The van der Waals surface area contributed by atoms with Gasteiger partial charge in [0.05, 0.1) is 7.11 Å². The van der Waals surface area contributed by atoms with Gasteiger partial charge >= 0.3 is 0 Å². The Bertz CT molecular complexity index is 846. The molecule has 3 aromatic carbocycles. The minimum Gasteiger partial charge on any atom is -0.496 e. The molecule has 0 aromatic heterocycles. The van der Waals surface area contributed by atoms with Crippen LogP contribution >= 0.6 is 0 Å². The Hall–Kier alpha value is -2.78. The summed E-state index contributed by atoms with van der Waals surface area (Å²) in [5.41, 5.74) is 9.66. The van der Waals surface area contributed by atoms with Crippen LogP contribution in [0.4, 0.5) is 0 Å². The Labute approximate surface area is 155 Å². The number of nitrogens with two attached hydrogens (primary N) is 1. The van der Waals surface area contributed by atoms with E-state index in [1.54, 1.807) is 7.11 Å². The van der Waals surface area contributed by atoms with E-state index < -0.39 is 0 Å². The summed E-state index contributed by atoms with van der Waals surface area (Å²) in [6, 6.07) is 24.2. The van der Waals surface area contributed by atoms with Gasteiger partial charge in [0.1, 0.15) is 17.2 Å². The van der Waals surface area contributed by atoms with Crippen molar-refractivity contribution in [2.24, 2.45) is 5.73 Å². The molecule has 0 fully saturated rings. The molecule has 0 saturated carbocycles. The molecule has 0 aliphatic carbocycles. The molecule has 0 amide bonds. The minimum absolute atomic E-state index is 0.192. The van der Waals surface area contributed by atoms with Gasteiger partial charge in [-0.2, -0.15) is 0 Å². The van der Waals surface area contributed by atoms with Gasteiger partial charge < -0.3 is 15.2 Å². The topological polar surface area (TPSA) is 44.5 Å². The molecule has 0 radical (unpaired) electrons. The average molecular weight is 347 g/mol. The molecule has 0 aliphatic rings. The molecule has 3 heteroatoms. The summed E-state index contributed by atoms with van der Waals surface area (Å²) >= 11 is 0. The maximum atomic E-state index is 6.10. The van der Waals surface area contributed by atoms with Gasteiger partial charge in [-0.3, -0.25) is 0 Å². The molecular formula is C23H25NO2. The fourth-order valence-corrected chi connectivity index (χ4v) is 3.14. The van der Waals surface area contributed by atoms with Gasteiger partial charge in [0.2, 0.25) is 0 Å². The van der Waals surface area contributed by atoms with Crippen LogP contribution in [0.25, 0.3) is 0 Å². The largest absolute Gasteiger partial charge is 0.496 e. The number of hydrogen-bond donors (Lipinski definition) is 1. The van der Waals surface area contributed by atoms with Crippen LogP contribution in [-0.4, -0.2) is 13.7 Å². The van der Waals surface area contributed by atoms with Crippen LogP contribution in [-0.2, 0) is 6.42 Å². The van der Waals surface area contributed by atoms with E-state index in [9.17, 15) is 0 Å². The lowest BCUT2D eigenvalue weighted by molar-refractivity contribution is 0.405. The smallest absolute Gasteiger partial charge is 0.127 e. The van der Waals surface area contributed by atoms with Gasteiger partial charge in [0.25, 0.3) is 0 Å². The quantitative estimate of drug-likeness (QED) is 0.648. The van der Waals surface area contributed by atoms with Crippen LogP contribution in [0.2, 0.25) is 0 Å². The Morgan fingerprint density at radius 3 is 2.38 bits per heavy atom. The number of ether oxygens (including phenoxy) is 2. The standard InChI is InChI=1S/C23H25NO2/c1-17-11-12-23(25-2)22(13-17)19(16-24)14-18-7-6-10-21(15-18)26-20-8-4-3-5-9-20/h3-13,15,19H,14,16,24H2,1-2H3. The summed E-state index contributed by atoms with van der Waals surface area (Å²) in [7, 11) is 1.70. The molecule has 3 rings (SSSR count). The first-order valence-electron chi connectivity index (χ1n) is 8.86. The van der Waals surface area contributed by atoms with Crippen molar-refractivity contribution in [2.75, 3.05) is 13.7 Å². The predicted molar refractivity (Wildman–Crippen MR) is 106 cm³/mol. The Morgan fingerprint density at radius 1 is 0.885 bits per heavy atom. The van der Waals surface area contributed by atoms with E-state index in [0.29, 0.717) is 6.54 Å². The summed E-state index contributed by atoms with van der Waals surface area (Å²) in [5.74, 6) is 2.75. The lowest BCUT2D eigenvalue weighted by Gasteiger charge is -2.19. The van der Waals surface area contributed by atoms with E-state index in [4.69, 9.17) is 15.2 Å². The lowest BCUT2D eigenvalue weighted by atomic mass is 9.90. The number of aryl methyl sites for hydroxylation is 1. The number of methoxy groups -OCH3 is 1. The second-order valence-electron chi connectivity index (χ2n) is 6.44. The van der Waals surface area contributed by atoms with Crippen LogP contribution in [0, 0.1) is 6.92 Å². The van der Waals surface area contributed by atoms with Gasteiger partial charge in [-0.1, -0.05) is 48.0 Å². The van der Waals surface area contributed by atoms with E-state index >= 15 is 0 Å². The molecule has 0 aliphatic heterocycles. The van der Waals surface area contributed by atoms with Crippen molar-refractivity contribution in [2.45, 2.75) is 19.3 Å². The molecule has 134 valence electrons. The number of rotatable bonds is 7. The highest BCUT2D eigenvalue weighted by atomic mass is 16.5. The molecule has 2 N–H and O–H groups in total. The zero-order chi connectivity index (χ0) is 18.4. The fraction of sp³-hybridized carbons (Fsp3) is 0.217. The highest BCUT2D eigenvalue weighted by molar-refractivity contribution is 5.41. The predicted octanol–water partition coefficient (Wildman–Crippen LogP) is 5.08. The molecule has 3 aromatic rings. The van der Waals surface area contributed by atoms with Crippen molar-refractivity contribution >= 4 is 0 Å². The summed E-state index contributed by atoms with van der Waals surface area (Å²) < 4.78 is 11.5. The average Bonchev–Trinajstić information content (AvgIpc) is 2.67. The van der Waals surface area contributed by atoms with Crippen LogP contribution < -0.4 is 15.2 Å². The molecule has 1 atom stereocenters. The van der Waals surface area contributed by atoms with Crippen molar-refractivity contribution in [3.63, 3.8) is 0 Å². The molecular weight excluding hydrogens is 322 g/mol. The normalized spacial score (nSPS) is 11.8. The zero-order valence-corrected chi connectivity index (χ0v) is 15.3. The SMILES string of the molecule is COc1ccc(C)cc1C(CN)Cc1cccc(Oc2ccccc2)c1. The second-order valence-corrected chi connectivity index (χ2v) is 6.44. The lowest BCUT2D eigenvalue weighted by Crippen LogP contribution is -2.16. The minimum atomic E-state index is 0.192. The Morgan fingerprint density at radius 2 is 1.65 bits per heavy atom. The van der Waals surface area contributed by atoms with Gasteiger partial charge in [-0.15, -0.1) is 0 Å². The van der Waals surface area contributed by atoms with E-state index in [1.807, 2.05) is 48.5 Å². The van der Waals surface area contributed by atoms with Gasteiger partial charge in [-0.05, 0) is 61.3 Å². The third-order valence-corrected chi connectivity index (χ3v) is 4.47. The summed E-state index contributed by atoms with van der Waals surface area (Å²) in [6.45, 7) is 2.65. The molecule has 0 saturated heterocycles. The number of benzene rings is 3.